The first-order valence-corrected chi connectivity index (χ1v) is 10.6. The van der Waals surface area contributed by atoms with E-state index in [1.807, 2.05) is 13.0 Å². The molecule has 1 atom stereocenters. The highest BCUT2D eigenvalue weighted by Gasteiger charge is 2.41. The number of hydrogen-bond acceptors (Lipinski definition) is 3. The molecular weight excluding hydrogens is 294 g/mol. The fourth-order valence-corrected chi connectivity index (χ4v) is 2.91. The van der Waals surface area contributed by atoms with Gasteiger partial charge in [-0.05, 0) is 37.9 Å². The molecule has 0 aromatic carbocycles. The van der Waals surface area contributed by atoms with Crippen molar-refractivity contribution in [3.8, 4) is 0 Å². The van der Waals surface area contributed by atoms with Crippen LogP contribution in [-0.4, -0.2) is 39.5 Å². The molecule has 0 aliphatic carbocycles. The van der Waals surface area contributed by atoms with Gasteiger partial charge in [-0.15, -0.1) is 6.58 Å². The summed E-state index contributed by atoms with van der Waals surface area (Å²) in [5, 5.41) is 1.30. The van der Waals surface area contributed by atoms with Crippen LogP contribution in [0, 0.1) is 0 Å². The Bertz CT molecular complexity index is 411. The summed E-state index contributed by atoms with van der Waals surface area (Å²) in [7, 11) is 1.07. The minimum Gasteiger partial charge on any atom is -0.405 e. The SMILES string of the molecule is C=CCC(C)=CCC(O[Si](C)(C)C(C)(C)C)C(=O)N(C)OC. The minimum absolute atomic E-state index is 0.0526. The Labute approximate surface area is 137 Å². The summed E-state index contributed by atoms with van der Waals surface area (Å²) in [5.74, 6) is -0.144. The standard InChI is InChI=1S/C17H33NO3Si/c1-10-11-14(2)12-13-15(16(19)18(6)20-7)21-22(8,9)17(3,4)5/h10,12,15H,1,11,13H2,2-9H3. The van der Waals surface area contributed by atoms with Crippen molar-refractivity contribution < 1.29 is 14.1 Å². The average molecular weight is 328 g/mol. The topological polar surface area (TPSA) is 38.8 Å². The third-order valence-corrected chi connectivity index (χ3v) is 8.74. The summed E-state index contributed by atoms with van der Waals surface area (Å²) in [6, 6.07) is 0. The van der Waals surface area contributed by atoms with Crippen LogP contribution in [0.15, 0.2) is 24.3 Å². The Balaban J connectivity index is 5.22. The molecule has 0 spiro atoms. The first-order chi connectivity index (χ1) is 9.96. The van der Waals surface area contributed by atoms with Gasteiger partial charge in [0.25, 0.3) is 5.91 Å². The van der Waals surface area contributed by atoms with Gasteiger partial charge < -0.3 is 4.43 Å². The van der Waals surface area contributed by atoms with Crippen molar-refractivity contribution in [1.29, 1.82) is 0 Å². The van der Waals surface area contributed by atoms with E-state index in [9.17, 15) is 4.79 Å². The van der Waals surface area contributed by atoms with E-state index in [0.29, 0.717) is 6.42 Å². The molecule has 0 aromatic rings. The Kier molecular flexibility index (Phi) is 8.29. The number of allylic oxidation sites excluding steroid dienone is 2. The van der Waals surface area contributed by atoms with Crippen LogP contribution >= 0.6 is 0 Å². The van der Waals surface area contributed by atoms with Crippen molar-refractivity contribution in [2.45, 2.75) is 64.8 Å². The van der Waals surface area contributed by atoms with Crippen molar-refractivity contribution in [1.82, 2.24) is 5.06 Å². The molecule has 0 radical (unpaired) electrons. The number of likely N-dealkylation sites (N-methyl/N-ethyl adjacent to an activating group) is 1. The van der Waals surface area contributed by atoms with Gasteiger partial charge in [-0.3, -0.25) is 9.63 Å². The molecule has 22 heavy (non-hydrogen) atoms. The molecule has 128 valence electrons. The number of hydroxylamine groups is 2. The zero-order chi connectivity index (χ0) is 17.6. The lowest BCUT2D eigenvalue weighted by molar-refractivity contribution is -0.176. The van der Waals surface area contributed by atoms with Crippen LogP contribution in [-0.2, 0) is 14.1 Å². The number of carbonyl (C=O) groups excluding carboxylic acids is 1. The highest BCUT2D eigenvalue weighted by atomic mass is 28.4. The molecule has 1 amide bonds. The van der Waals surface area contributed by atoms with Crippen LogP contribution in [0.2, 0.25) is 18.1 Å². The molecule has 1 unspecified atom stereocenters. The maximum atomic E-state index is 12.5. The predicted molar refractivity (Wildman–Crippen MR) is 95.0 cm³/mol. The van der Waals surface area contributed by atoms with Crippen LogP contribution in [0.1, 0.15) is 40.5 Å². The number of carbonyl (C=O) groups is 1. The van der Waals surface area contributed by atoms with Crippen molar-refractivity contribution in [2.24, 2.45) is 0 Å². The van der Waals surface area contributed by atoms with Gasteiger partial charge in [0, 0.05) is 7.05 Å². The molecule has 4 nitrogen and oxygen atoms in total. The van der Waals surface area contributed by atoms with Gasteiger partial charge in [-0.1, -0.05) is 38.5 Å². The Hall–Kier alpha value is -0.913. The van der Waals surface area contributed by atoms with Crippen LogP contribution in [0.5, 0.6) is 0 Å². The lowest BCUT2D eigenvalue weighted by Crippen LogP contribution is -2.48. The van der Waals surface area contributed by atoms with Crippen molar-refractivity contribution in [3.63, 3.8) is 0 Å². The molecule has 0 bridgehead atoms. The monoisotopic (exact) mass is 327 g/mol. The molecule has 0 rings (SSSR count). The molecule has 0 aromatic heterocycles. The third kappa shape index (κ3) is 6.46. The summed E-state index contributed by atoms with van der Waals surface area (Å²) < 4.78 is 6.31. The smallest absolute Gasteiger partial charge is 0.274 e. The molecule has 5 heteroatoms. The molecule has 0 fully saturated rings. The number of rotatable bonds is 8. The van der Waals surface area contributed by atoms with Gasteiger partial charge in [-0.2, -0.15) is 0 Å². The van der Waals surface area contributed by atoms with E-state index in [-0.39, 0.29) is 10.9 Å². The van der Waals surface area contributed by atoms with Crippen LogP contribution < -0.4 is 0 Å². The van der Waals surface area contributed by atoms with Crippen molar-refractivity contribution in [2.75, 3.05) is 14.2 Å². The molecule has 0 aliphatic heterocycles. The van der Waals surface area contributed by atoms with E-state index in [1.165, 1.54) is 17.7 Å². The number of hydrogen-bond donors (Lipinski definition) is 0. The maximum Gasteiger partial charge on any atom is 0.274 e. The largest absolute Gasteiger partial charge is 0.405 e. The van der Waals surface area contributed by atoms with E-state index in [2.05, 4.69) is 46.5 Å². The number of amides is 1. The van der Waals surface area contributed by atoms with E-state index >= 15 is 0 Å². The molecule has 0 saturated carbocycles. The van der Waals surface area contributed by atoms with Gasteiger partial charge in [0.2, 0.25) is 0 Å². The first kappa shape index (κ1) is 21.1. The van der Waals surface area contributed by atoms with E-state index in [4.69, 9.17) is 9.26 Å². The Morgan fingerprint density at radius 1 is 1.36 bits per heavy atom. The van der Waals surface area contributed by atoms with Gasteiger partial charge >= 0.3 is 0 Å². The Morgan fingerprint density at radius 2 is 1.91 bits per heavy atom. The Morgan fingerprint density at radius 3 is 2.32 bits per heavy atom. The van der Waals surface area contributed by atoms with Crippen molar-refractivity contribution >= 4 is 14.2 Å². The van der Waals surface area contributed by atoms with Crippen LogP contribution in [0.4, 0.5) is 0 Å². The highest BCUT2D eigenvalue weighted by molar-refractivity contribution is 6.74. The molecule has 0 saturated heterocycles. The van der Waals surface area contributed by atoms with Gasteiger partial charge in [0.05, 0.1) is 7.11 Å². The van der Waals surface area contributed by atoms with E-state index in [1.54, 1.807) is 7.05 Å². The molecule has 0 aliphatic rings. The summed E-state index contributed by atoms with van der Waals surface area (Å²) in [6.07, 6.45) is 4.78. The molecule has 0 heterocycles. The van der Waals surface area contributed by atoms with E-state index in [0.717, 1.165) is 6.42 Å². The highest BCUT2D eigenvalue weighted by Crippen LogP contribution is 2.37. The molecular formula is C17H33NO3Si. The minimum atomic E-state index is -2.03. The van der Waals surface area contributed by atoms with Gasteiger partial charge in [0.1, 0.15) is 6.10 Å². The summed E-state index contributed by atoms with van der Waals surface area (Å²) in [4.78, 5) is 17.5. The predicted octanol–water partition coefficient (Wildman–Crippen LogP) is 4.31. The first-order valence-electron chi connectivity index (χ1n) is 7.72. The fourth-order valence-electron chi connectivity index (χ4n) is 1.64. The molecule has 0 N–H and O–H groups in total. The van der Waals surface area contributed by atoms with E-state index < -0.39 is 14.4 Å². The van der Waals surface area contributed by atoms with Crippen LogP contribution in [0.3, 0.4) is 0 Å². The fraction of sp³-hybridized carbons (Fsp3) is 0.706. The summed E-state index contributed by atoms with van der Waals surface area (Å²) in [6.45, 7) is 16.6. The second-order valence-corrected chi connectivity index (χ2v) is 11.9. The second kappa shape index (κ2) is 8.65. The second-order valence-electron chi connectivity index (χ2n) is 7.16. The number of nitrogens with zero attached hydrogens (tertiary/aromatic N) is 1. The lowest BCUT2D eigenvalue weighted by atomic mass is 10.1. The van der Waals surface area contributed by atoms with Crippen molar-refractivity contribution in [3.05, 3.63) is 24.3 Å². The van der Waals surface area contributed by atoms with Crippen LogP contribution in [0.25, 0.3) is 0 Å². The average Bonchev–Trinajstić information content (AvgIpc) is 2.40. The zero-order valence-electron chi connectivity index (χ0n) is 15.5. The maximum absolute atomic E-state index is 12.5. The summed E-state index contributed by atoms with van der Waals surface area (Å²) in [5.41, 5.74) is 1.19. The van der Waals surface area contributed by atoms with Gasteiger partial charge in [-0.25, -0.2) is 5.06 Å². The third-order valence-electron chi connectivity index (χ3n) is 4.25. The van der Waals surface area contributed by atoms with Gasteiger partial charge in [0.15, 0.2) is 8.32 Å². The quantitative estimate of drug-likeness (QED) is 0.379. The summed E-state index contributed by atoms with van der Waals surface area (Å²) >= 11 is 0. The normalized spacial score (nSPS) is 14.6. The lowest BCUT2D eigenvalue weighted by Gasteiger charge is -2.39. The zero-order valence-corrected chi connectivity index (χ0v) is 16.5.